The first-order chi connectivity index (χ1) is 14.0. The van der Waals surface area contributed by atoms with Gasteiger partial charge in [-0.2, -0.15) is 0 Å². The van der Waals surface area contributed by atoms with E-state index >= 15 is 0 Å². The van der Waals surface area contributed by atoms with Gasteiger partial charge >= 0.3 is 5.97 Å². The van der Waals surface area contributed by atoms with Gasteiger partial charge in [0.05, 0.1) is 24.7 Å². The summed E-state index contributed by atoms with van der Waals surface area (Å²) in [5.41, 5.74) is 1.53. The number of epoxide rings is 1. The van der Waals surface area contributed by atoms with Crippen LogP contribution in [0.5, 0.6) is 0 Å². The lowest BCUT2D eigenvalue weighted by Crippen LogP contribution is -2.51. The minimum Gasteiger partial charge on any atom is -0.462 e. The Hall–Kier alpha value is -1.43. The molecule has 158 valence electrons. The predicted molar refractivity (Wildman–Crippen MR) is 109 cm³/mol. The summed E-state index contributed by atoms with van der Waals surface area (Å²) >= 11 is 0. The SMILES string of the molecule is C[C@]12CCC[C@]3(CO3)[C@H]1C[C@H]1[C@@H](C2)OC(=O)[C@@H]1CN(CCO)Cc1ccccc1. The highest BCUT2D eigenvalue weighted by Crippen LogP contribution is 2.62. The van der Waals surface area contributed by atoms with E-state index in [0.717, 1.165) is 26.0 Å². The van der Waals surface area contributed by atoms with Crippen molar-refractivity contribution in [2.24, 2.45) is 23.2 Å². The lowest BCUT2D eigenvalue weighted by Gasteiger charge is -2.51. The molecule has 29 heavy (non-hydrogen) atoms. The third-order valence-electron chi connectivity index (χ3n) is 8.20. The summed E-state index contributed by atoms with van der Waals surface area (Å²) in [6, 6.07) is 10.3. The number of fused-ring (bicyclic) bond motifs is 3. The molecule has 2 aliphatic carbocycles. The lowest BCUT2D eigenvalue weighted by molar-refractivity contribution is -0.147. The predicted octanol–water partition coefficient (Wildman–Crippen LogP) is 3.01. The Labute approximate surface area is 173 Å². The summed E-state index contributed by atoms with van der Waals surface area (Å²) in [6.07, 6.45) is 5.69. The van der Waals surface area contributed by atoms with Gasteiger partial charge in [-0.25, -0.2) is 0 Å². The summed E-state index contributed by atoms with van der Waals surface area (Å²) in [5, 5.41) is 9.58. The van der Waals surface area contributed by atoms with Crippen molar-refractivity contribution in [3.63, 3.8) is 0 Å². The Morgan fingerprint density at radius 2 is 2.03 bits per heavy atom. The van der Waals surface area contributed by atoms with Crippen LogP contribution >= 0.6 is 0 Å². The monoisotopic (exact) mass is 399 g/mol. The van der Waals surface area contributed by atoms with Gasteiger partial charge in [0, 0.05) is 25.6 Å². The quantitative estimate of drug-likeness (QED) is 0.589. The van der Waals surface area contributed by atoms with Crippen molar-refractivity contribution < 1.29 is 19.4 Å². The summed E-state index contributed by atoms with van der Waals surface area (Å²) in [4.78, 5) is 15.1. The largest absolute Gasteiger partial charge is 0.462 e. The molecule has 5 heteroatoms. The van der Waals surface area contributed by atoms with Crippen LogP contribution in [0.1, 0.15) is 44.6 Å². The van der Waals surface area contributed by atoms with Crippen molar-refractivity contribution >= 4 is 5.97 Å². The second-order valence-electron chi connectivity index (χ2n) is 10.0. The van der Waals surface area contributed by atoms with Crippen LogP contribution in [-0.4, -0.2) is 54.0 Å². The van der Waals surface area contributed by atoms with Gasteiger partial charge in [-0.15, -0.1) is 0 Å². The molecule has 0 bridgehead atoms. The van der Waals surface area contributed by atoms with E-state index in [1.807, 2.05) is 18.2 Å². The zero-order chi connectivity index (χ0) is 20.1. The minimum absolute atomic E-state index is 0.0380. The molecule has 4 aliphatic rings. The number of hydrogen-bond donors (Lipinski definition) is 1. The molecule has 5 nitrogen and oxygen atoms in total. The molecule has 0 amide bonds. The minimum atomic E-state index is -0.0995. The highest BCUT2D eigenvalue weighted by atomic mass is 16.6. The van der Waals surface area contributed by atoms with Crippen LogP contribution in [0, 0.1) is 23.2 Å². The number of nitrogens with zero attached hydrogens (tertiary/aromatic N) is 1. The summed E-state index contributed by atoms with van der Waals surface area (Å²) in [7, 11) is 0. The number of hydrogen-bond acceptors (Lipinski definition) is 5. The van der Waals surface area contributed by atoms with Crippen LogP contribution in [0.25, 0.3) is 0 Å². The zero-order valence-electron chi connectivity index (χ0n) is 17.4. The summed E-state index contributed by atoms with van der Waals surface area (Å²) in [5.74, 6) is 0.681. The molecule has 2 saturated carbocycles. The Morgan fingerprint density at radius 1 is 1.24 bits per heavy atom. The average Bonchev–Trinajstić information content (AvgIpc) is 3.40. The first kappa shape index (κ1) is 19.5. The van der Waals surface area contributed by atoms with Crippen LogP contribution < -0.4 is 0 Å². The molecule has 1 aromatic carbocycles. The fraction of sp³-hybridized carbons (Fsp3) is 0.708. The molecular weight excluding hydrogens is 366 g/mol. The number of carbonyl (C=O) groups is 1. The highest BCUT2D eigenvalue weighted by molar-refractivity contribution is 5.75. The number of benzene rings is 1. The molecule has 0 unspecified atom stereocenters. The summed E-state index contributed by atoms with van der Waals surface area (Å²) in [6.45, 7) is 5.37. The van der Waals surface area contributed by atoms with Crippen molar-refractivity contribution in [1.82, 2.24) is 4.90 Å². The van der Waals surface area contributed by atoms with Crippen molar-refractivity contribution in [2.75, 3.05) is 26.3 Å². The van der Waals surface area contributed by atoms with E-state index in [-0.39, 0.29) is 41.5 Å². The van der Waals surface area contributed by atoms with Crippen LogP contribution in [0.3, 0.4) is 0 Å². The second kappa shape index (κ2) is 7.36. The van der Waals surface area contributed by atoms with Gasteiger partial charge < -0.3 is 14.6 Å². The van der Waals surface area contributed by atoms with Gasteiger partial charge in [-0.05, 0) is 49.0 Å². The fourth-order valence-corrected chi connectivity index (χ4v) is 6.66. The molecule has 2 saturated heterocycles. The van der Waals surface area contributed by atoms with Gasteiger partial charge in [-0.1, -0.05) is 37.3 Å². The third kappa shape index (κ3) is 3.51. The van der Waals surface area contributed by atoms with Gasteiger partial charge in [0.15, 0.2) is 0 Å². The maximum atomic E-state index is 12.9. The summed E-state index contributed by atoms with van der Waals surface area (Å²) < 4.78 is 12.0. The molecule has 1 spiro atoms. The maximum absolute atomic E-state index is 12.9. The Morgan fingerprint density at radius 3 is 2.76 bits per heavy atom. The molecule has 0 aromatic heterocycles. The smallest absolute Gasteiger partial charge is 0.310 e. The number of aliphatic hydroxyl groups is 1. The van der Waals surface area contributed by atoms with Crippen LogP contribution in [0.15, 0.2) is 30.3 Å². The van der Waals surface area contributed by atoms with E-state index in [2.05, 4.69) is 24.0 Å². The van der Waals surface area contributed by atoms with E-state index in [1.54, 1.807) is 0 Å². The number of esters is 1. The Balaban J connectivity index is 1.33. The van der Waals surface area contributed by atoms with Gasteiger partial charge in [0.25, 0.3) is 0 Å². The van der Waals surface area contributed by atoms with E-state index in [0.29, 0.717) is 19.0 Å². The number of carbonyl (C=O) groups excluding carboxylic acids is 1. The average molecular weight is 400 g/mol. The number of rotatable bonds is 6. The van der Waals surface area contributed by atoms with Crippen LogP contribution in [0.2, 0.25) is 0 Å². The number of ether oxygens (including phenoxy) is 2. The molecule has 2 aliphatic heterocycles. The first-order valence-corrected chi connectivity index (χ1v) is 11.2. The van der Waals surface area contributed by atoms with E-state index in [1.165, 1.54) is 24.8 Å². The molecule has 0 radical (unpaired) electrons. The zero-order valence-corrected chi connectivity index (χ0v) is 17.4. The van der Waals surface area contributed by atoms with Crippen molar-refractivity contribution in [3.8, 4) is 0 Å². The molecule has 4 fully saturated rings. The van der Waals surface area contributed by atoms with E-state index in [4.69, 9.17) is 9.47 Å². The highest BCUT2D eigenvalue weighted by Gasteiger charge is 2.65. The molecule has 1 aromatic rings. The van der Waals surface area contributed by atoms with Crippen molar-refractivity contribution in [1.29, 1.82) is 0 Å². The van der Waals surface area contributed by atoms with E-state index < -0.39 is 0 Å². The standard InChI is InChI=1S/C24H33NO4/c1-23-8-5-9-24(16-28-24)21(23)12-18-19(22(27)29-20(18)13-23)15-25(10-11-26)14-17-6-3-2-4-7-17/h2-4,6-7,18-21,26H,5,8-16H2,1H3/t18-,19-,20-,21+,23-,24+/m1/s1. The lowest BCUT2D eigenvalue weighted by atomic mass is 9.53. The maximum Gasteiger partial charge on any atom is 0.310 e. The van der Waals surface area contributed by atoms with Gasteiger partial charge in [0.2, 0.25) is 0 Å². The molecular formula is C24H33NO4. The van der Waals surface area contributed by atoms with Crippen molar-refractivity contribution in [2.45, 2.75) is 57.3 Å². The second-order valence-corrected chi connectivity index (χ2v) is 10.0. The fourth-order valence-electron chi connectivity index (χ4n) is 6.66. The van der Waals surface area contributed by atoms with Crippen LogP contribution in [0.4, 0.5) is 0 Å². The molecule has 6 atom stereocenters. The van der Waals surface area contributed by atoms with Gasteiger partial charge in [0.1, 0.15) is 6.10 Å². The van der Waals surface area contributed by atoms with Gasteiger partial charge in [-0.3, -0.25) is 9.69 Å². The first-order valence-electron chi connectivity index (χ1n) is 11.2. The Bertz CT molecular complexity index is 749. The van der Waals surface area contributed by atoms with E-state index in [9.17, 15) is 9.90 Å². The Kier molecular flexibility index (Phi) is 4.96. The van der Waals surface area contributed by atoms with Crippen molar-refractivity contribution in [3.05, 3.63) is 35.9 Å². The topological polar surface area (TPSA) is 62.3 Å². The number of aliphatic hydroxyl groups excluding tert-OH is 1. The third-order valence-corrected chi connectivity index (χ3v) is 8.20. The molecule has 5 rings (SSSR count). The normalized spacial score (nSPS) is 40.6. The molecule has 1 N–H and O–H groups in total. The molecule has 2 heterocycles. The van der Waals surface area contributed by atoms with Crippen LogP contribution in [-0.2, 0) is 20.8 Å².